The summed E-state index contributed by atoms with van der Waals surface area (Å²) >= 11 is 3.28. The van der Waals surface area contributed by atoms with Crippen LogP contribution in [-0.4, -0.2) is 41.1 Å². The first-order chi connectivity index (χ1) is 6.13. The molecule has 0 bridgehead atoms. The van der Waals surface area contributed by atoms with Crippen molar-refractivity contribution in [2.75, 3.05) is 25.0 Å². The average molecular weight is 252 g/mol. The Bertz CT molecular complexity index is 109. The predicted octanol–water partition coefficient (Wildman–Crippen LogP) is 2.11. The van der Waals surface area contributed by atoms with Crippen molar-refractivity contribution >= 4 is 15.9 Å². The first-order valence-electron chi connectivity index (χ1n) is 5.10. The Morgan fingerprint density at radius 2 is 1.92 bits per heavy atom. The minimum Gasteiger partial charge on any atom is -0.391 e. The standard InChI is InChI=1S/C10H22BrNO/c1-4-9(3)7-12(5-2)8-10(13)6-11/h9-10,13H,4-8H2,1-3H3. The van der Waals surface area contributed by atoms with Gasteiger partial charge in [-0.3, -0.25) is 0 Å². The molecule has 0 aliphatic rings. The SMILES string of the molecule is CCC(C)CN(CC)CC(O)CBr. The van der Waals surface area contributed by atoms with E-state index in [0.717, 1.165) is 25.6 Å². The van der Waals surface area contributed by atoms with E-state index in [1.807, 2.05) is 0 Å². The third-order valence-electron chi connectivity index (χ3n) is 2.36. The summed E-state index contributed by atoms with van der Waals surface area (Å²) in [5.41, 5.74) is 0. The van der Waals surface area contributed by atoms with Crippen LogP contribution in [0.3, 0.4) is 0 Å². The third kappa shape index (κ3) is 6.47. The second kappa shape index (κ2) is 7.77. The maximum Gasteiger partial charge on any atom is 0.0763 e. The lowest BCUT2D eigenvalue weighted by Crippen LogP contribution is -2.36. The second-order valence-corrected chi connectivity index (χ2v) is 4.32. The molecule has 1 N–H and O–H groups in total. The number of aliphatic hydroxyl groups is 1. The van der Waals surface area contributed by atoms with E-state index in [1.165, 1.54) is 6.42 Å². The fourth-order valence-corrected chi connectivity index (χ4v) is 1.45. The number of hydrogen-bond acceptors (Lipinski definition) is 2. The van der Waals surface area contributed by atoms with E-state index < -0.39 is 0 Å². The van der Waals surface area contributed by atoms with Crippen LogP contribution >= 0.6 is 15.9 Å². The topological polar surface area (TPSA) is 23.5 Å². The van der Waals surface area contributed by atoms with Crippen LogP contribution in [0.25, 0.3) is 0 Å². The van der Waals surface area contributed by atoms with Gasteiger partial charge in [-0.05, 0) is 12.5 Å². The summed E-state index contributed by atoms with van der Waals surface area (Å²) in [5.74, 6) is 0.725. The highest BCUT2D eigenvalue weighted by molar-refractivity contribution is 9.09. The van der Waals surface area contributed by atoms with E-state index in [9.17, 15) is 5.11 Å². The number of hydrogen-bond donors (Lipinski definition) is 1. The van der Waals surface area contributed by atoms with Crippen LogP contribution in [-0.2, 0) is 0 Å². The molecule has 0 amide bonds. The molecule has 2 nitrogen and oxygen atoms in total. The smallest absolute Gasteiger partial charge is 0.0763 e. The average Bonchev–Trinajstić information content (AvgIpc) is 2.16. The predicted molar refractivity (Wildman–Crippen MR) is 61.4 cm³/mol. The molecule has 3 heteroatoms. The highest BCUT2D eigenvalue weighted by Gasteiger charge is 2.11. The molecule has 80 valence electrons. The number of halogens is 1. The fourth-order valence-electron chi connectivity index (χ4n) is 1.25. The van der Waals surface area contributed by atoms with Gasteiger partial charge >= 0.3 is 0 Å². The molecule has 0 aromatic rings. The van der Waals surface area contributed by atoms with Crippen LogP contribution < -0.4 is 0 Å². The quantitative estimate of drug-likeness (QED) is 0.701. The van der Waals surface area contributed by atoms with Gasteiger partial charge in [0.05, 0.1) is 6.10 Å². The Kier molecular flexibility index (Phi) is 8.01. The molecule has 0 saturated heterocycles. The molecule has 2 atom stereocenters. The van der Waals surface area contributed by atoms with Gasteiger partial charge in [-0.1, -0.05) is 43.1 Å². The lowest BCUT2D eigenvalue weighted by molar-refractivity contribution is 0.124. The minimum atomic E-state index is -0.232. The summed E-state index contributed by atoms with van der Waals surface area (Å²) in [6.07, 6.45) is 0.977. The normalized spacial score (nSPS) is 16.2. The van der Waals surface area contributed by atoms with Crippen LogP contribution in [0.2, 0.25) is 0 Å². The Labute approximate surface area is 90.4 Å². The molecule has 0 fully saturated rings. The number of aliphatic hydroxyl groups excluding tert-OH is 1. The lowest BCUT2D eigenvalue weighted by atomic mass is 10.1. The van der Waals surface area contributed by atoms with Gasteiger partial charge in [0.2, 0.25) is 0 Å². The molecule has 0 aromatic heterocycles. The number of likely N-dealkylation sites (N-methyl/N-ethyl adjacent to an activating group) is 1. The van der Waals surface area contributed by atoms with Crippen LogP contribution in [0.4, 0.5) is 0 Å². The van der Waals surface area contributed by atoms with Gasteiger partial charge < -0.3 is 10.0 Å². The van der Waals surface area contributed by atoms with Crippen molar-refractivity contribution < 1.29 is 5.11 Å². The largest absolute Gasteiger partial charge is 0.391 e. The van der Waals surface area contributed by atoms with Crippen molar-refractivity contribution in [2.24, 2.45) is 5.92 Å². The van der Waals surface area contributed by atoms with Crippen molar-refractivity contribution in [2.45, 2.75) is 33.3 Å². The van der Waals surface area contributed by atoms with E-state index in [0.29, 0.717) is 5.33 Å². The summed E-state index contributed by atoms with van der Waals surface area (Å²) in [6.45, 7) is 9.50. The molecule has 0 radical (unpaired) electrons. The van der Waals surface area contributed by atoms with Gasteiger partial charge in [0.25, 0.3) is 0 Å². The van der Waals surface area contributed by atoms with Gasteiger partial charge in [-0.2, -0.15) is 0 Å². The van der Waals surface area contributed by atoms with E-state index in [4.69, 9.17) is 0 Å². The maximum absolute atomic E-state index is 9.46. The first kappa shape index (κ1) is 13.4. The van der Waals surface area contributed by atoms with Crippen LogP contribution in [0, 0.1) is 5.92 Å². The molecule has 0 aromatic carbocycles. The maximum atomic E-state index is 9.46. The van der Waals surface area contributed by atoms with Crippen LogP contribution in [0.1, 0.15) is 27.2 Å². The highest BCUT2D eigenvalue weighted by atomic mass is 79.9. The zero-order chi connectivity index (χ0) is 10.3. The number of rotatable bonds is 7. The van der Waals surface area contributed by atoms with Crippen molar-refractivity contribution in [3.05, 3.63) is 0 Å². The second-order valence-electron chi connectivity index (χ2n) is 3.67. The Morgan fingerprint density at radius 3 is 2.31 bits per heavy atom. The molecule has 2 unspecified atom stereocenters. The minimum absolute atomic E-state index is 0.232. The lowest BCUT2D eigenvalue weighted by Gasteiger charge is -2.25. The van der Waals surface area contributed by atoms with Crippen LogP contribution in [0.5, 0.6) is 0 Å². The summed E-state index contributed by atoms with van der Waals surface area (Å²) < 4.78 is 0. The Hall–Kier alpha value is 0.400. The summed E-state index contributed by atoms with van der Waals surface area (Å²) in [7, 11) is 0. The Balaban J connectivity index is 3.74. The number of nitrogens with zero attached hydrogens (tertiary/aromatic N) is 1. The van der Waals surface area contributed by atoms with Gasteiger partial charge in [0.15, 0.2) is 0 Å². The molecule has 0 saturated carbocycles. The summed E-state index contributed by atoms with van der Waals surface area (Å²) in [6, 6.07) is 0. The highest BCUT2D eigenvalue weighted by Crippen LogP contribution is 2.05. The molecule has 0 rings (SSSR count). The summed E-state index contributed by atoms with van der Waals surface area (Å²) in [4.78, 5) is 2.31. The molecule has 13 heavy (non-hydrogen) atoms. The third-order valence-corrected chi connectivity index (χ3v) is 3.11. The van der Waals surface area contributed by atoms with E-state index in [-0.39, 0.29) is 6.10 Å². The van der Waals surface area contributed by atoms with Gasteiger partial charge in [0, 0.05) is 18.4 Å². The van der Waals surface area contributed by atoms with E-state index >= 15 is 0 Å². The van der Waals surface area contributed by atoms with Gasteiger partial charge in [-0.15, -0.1) is 0 Å². The Morgan fingerprint density at radius 1 is 1.31 bits per heavy atom. The number of alkyl halides is 1. The molecular weight excluding hydrogens is 230 g/mol. The van der Waals surface area contributed by atoms with Gasteiger partial charge in [0.1, 0.15) is 0 Å². The van der Waals surface area contributed by atoms with Gasteiger partial charge in [-0.25, -0.2) is 0 Å². The van der Waals surface area contributed by atoms with E-state index in [2.05, 4.69) is 41.6 Å². The van der Waals surface area contributed by atoms with Crippen molar-refractivity contribution in [3.8, 4) is 0 Å². The molecule has 0 spiro atoms. The molecule has 0 heterocycles. The monoisotopic (exact) mass is 251 g/mol. The van der Waals surface area contributed by atoms with Crippen molar-refractivity contribution in [1.82, 2.24) is 4.90 Å². The van der Waals surface area contributed by atoms with Crippen LogP contribution in [0.15, 0.2) is 0 Å². The van der Waals surface area contributed by atoms with Crippen molar-refractivity contribution in [1.29, 1.82) is 0 Å². The summed E-state index contributed by atoms with van der Waals surface area (Å²) in [5, 5.41) is 10.1. The zero-order valence-corrected chi connectivity index (χ0v) is 10.5. The zero-order valence-electron chi connectivity index (χ0n) is 8.96. The first-order valence-corrected chi connectivity index (χ1v) is 6.22. The molecule has 0 aliphatic carbocycles. The fraction of sp³-hybridized carbons (Fsp3) is 1.00. The van der Waals surface area contributed by atoms with E-state index in [1.54, 1.807) is 0 Å². The molecular formula is C10H22BrNO. The molecule has 0 aliphatic heterocycles. The van der Waals surface area contributed by atoms with Crippen molar-refractivity contribution in [3.63, 3.8) is 0 Å².